The average Bonchev–Trinajstić information content (AvgIpc) is 2.18. The Kier molecular flexibility index (Phi) is 4.09. The van der Waals surface area contributed by atoms with Crippen molar-refractivity contribution >= 4 is 11.4 Å². The van der Waals surface area contributed by atoms with Gasteiger partial charge in [0.1, 0.15) is 5.75 Å². The molecule has 0 aliphatic heterocycles. The van der Waals surface area contributed by atoms with Crippen molar-refractivity contribution in [1.82, 2.24) is 0 Å². The van der Waals surface area contributed by atoms with Crippen LogP contribution in [-0.2, 0) is 0 Å². The number of hydrogen-bond donors (Lipinski definition) is 2. The van der Waals surface area contributed by atoms with Crippen LogP contribution in [0.3, 0.4) is 0 Å². The average molecular weight is 248 g/mol. The monoisotopic (exact) mass is 248 g/mol. The summed E-state index contributed by atoms with van der Waals surface area (Å²) in [5.74, 6) is 0.543. The van der Waals surface area contributed by atoms with Crippen LogP contribution in [0.5, 0.6) is 5.75 Å². The molecule has 6 heteroatoms. The maximum Gasteiger partial charge on any atom is 0.391 e. The molecule has 0 aliphatic carbocycles. The summed E-state index contributed by atoms with van der Waals surface area (Å²) in [6.07, 6.45) is -5.11. The van der Waals surface area contributed by atoms with Crippen LogP contribution >= 0.6 is 0 Å². The lowest BCUT2D eigenvalue weighted by Crippen LogP contribution is -2.24. The molecule has 0 saturated carbocycles. The molecule has 1 aromatic rings. The molecule has 1 aromatic carbocycles. The summed E-state index contributed by atoms with van der Waals surface area (Å²) in [6, 6.07) is 4.06. The second-order valence-electron chi connectivity index (χ2n) is 3.82. The number of halogens is 3. The summed E-state index contributed by atoms with van der Waals surface area (Å²) < 4.78 is 41.5. The van der Waals surface area contributed by atoms with E-state index in [1.807, 2.05) is 0 Å². The zero-order chi connectivity index (χ0) is 13.1. The van der Waals surface area contributed by atoms with Crippen LogP contribution in [0.15, 0.2) is 18.2 Å². The van der Waals surface area contributed by atoms with E-state index < -0.39 is 18.6 Å². The Balaban J connectivity index is 2.73. The second-order valence-corrected chi connectivity index (χ2v) is 3.82. The van der Waals surface area contributed by atoms with E-state index in [2.05, 4.69) is 5.32 Å². The van der Waals surface area contributed by atoms with E-state index in [0.29, 0.717) is 17.1 Å². The topological polar surface area (TPSA) is 47.3 Å². The number of nitrogens with two attached hydrogens (primary N) is 1. The molecule has 0 fully saturated rings. The first-order valence-electron chi connectivity index (χ1n) is 5.08. The Labute approximate surface area is 97.8 Å². The third-order valence-corrected chi connectivity index (χ3v) is 2.20. The van der Waals surface area contributed by atoms with Crippen molar-refractivity contribution in [2.24, 2.45) is 0 Å². The number of nitrogen functional groups attached to an aromatic ring is 1. The smallest absolute Gasteiger partial charge is 0.391 e. The molecule has 0 spiro atoms. The fourth-order valence-electron chi connectivity index (χ4n) is 1.45. The largest absolute Gasteiger partial charge is 0.497 e. The standard InChI is InChI=1S/C11H15F3N2O/c1-7(6-11(12,13)14)16-10-5-8(17-2)3-4-9(10)15/h3-5,7,16H,6,15H2,1-2H3. The van der Waals surface area contributed by atoms with Gasteiger partial charge in [-0.2, -0.15) is 13.2 Å². The molecule has 0 aliphatic rings. The first kappa shape index (κ1) is 13.5. The van der Waals surface area contributed by atoms with Gasteiger partial charge in [-0.05, 0) is 19.1 Å². The lowest BCUT2D eigenvalue weighted by molar-refractivity contribution is -0.136. The first-order chi connectivity index (χ1) is 7.81. The predicted molar refractivity (Wildman–Crippen MR) is 61.2 cm³/mol. The van der Waals surface area contributed by atoms with E-state index in [1.165, 1.54) is 14.0 Å². The molecule has 0 radical (unpaired) electrons. The Morgan fingerprint density at radius 2 is 2.06 bits per heavy atom. The van der Waals surface area contributed by atoms with E-state index in [9.17, 15) is 13.2 Å². The number of nitrogens with one attached hydrogen (secondary N) is 1. The molecule has 3 nitrogen and oxygen atoms in total. The molecular formula is C11H15F3N2O. The minimum absolute atomic E-state index is 0.389. The molecule has 0 amide bonds. The van der Waals surface area contributed by atoms with Gasteiger partial charge in [-0.1, -0.05) is 0 Å². The maximum atomic E-state index is 12.2. The molecule has 17 heavy (non-hydrogen) atoms. The van der Waals surface area contributed by atoms with Crippen molar-refractivity contribution in [3.05, 3.63) is 18.2 Å². The van der Waals surface area contributed by atoms with E-state index in [1.54, 1.807) is 18.2 Å². The van der Waals surface area contributed by atoms with Crippen molar-refractivity contribution in [1.29, 1.82) is 0 Å². The molecule has 0 bridgehead atoms. The number of hydrogen-bond acceptors (Lipinski definition) is 3. The summed E-state index contributed by atoms with van der Waals surface area (Å²) >= 11 is 0. The van der Waals surface area contributed by atoms with Gasteiger partial charge in [0, 0.05) is 12.1 Å². The summed E-state index contributed by atoms with van der Waals surface area (Å²) in [4.78, 5) is 0. The summed E-state index contributed by atoms with van der Waals surface area (Å²) in [7, 11) is 1.48. The fourth-order valence-corrected chi connectivity index (χ4v) is 1.45. The van der Waals surface area contributed by atoms with Crippen molar-refractivity contribution in [3.8, 4) is 5.75 Å². The second kappa shape index (κ2) is 5.16. The SMILES string of the molecule is COc1ccc(N)c(NC(C)CC(F)(F)F)c1. The number of anilines is 2. The van der Waals surface area contributed by atoms with Crippen molar-refractivity contribution in [2.75, 3.05) is 18.2 Å². The molecule has 0 saturated heterocycles. The first-order valence-corrected chi connectivity index (χ1v) is 5.08. The van der Waals surface area contributed by atoms with Crippen molar-refractivity contribution < 1.29 is 17.9 Å². The molecule has 96 valence electrons. The normalized spacial score (nSPS) is 13.2. The summed E-state index contributed by atoms with van der Waals surface area (Å²) in [5.41, 5.74) is 6.49. The highest BCUT2D eigenvalue weighted by molar-refractivity contribution is 5.68. The predicted octanol–water partition coefficient (Wildman–Crippen LogP) is 3.03. The minimum atomic E-state index is -4.19. The van der Waals surface area contributed by atoms with Gasteiger partial charge in [-0.25, -0.2) is 0 Å². The minimum Gasteiger partial charge on any atom is -0.497 e. The van der Waals surface area contributed by atoms with Crippen molar-refractivity contribution in [3.63, 3.8) is 0 Å². The lowest BCUT2D eigenvalue weighted by Gasteiger charge is -2.18. The van der Waals surface area contributed by atoms with Crippen LogP contribution in [0.1, 0.15) is 13.3 Å². The molecule has 1 unspecified atom stereocenters. The zero-order valence-corrected chi connectivity index (χ0v) is 9.64. The summed E-state index contributed by atoms with van der Waals surface area (Å²) in [5, 5.41) is 2.72. The molecular weight excluding hydrogens is 233 g/mol. The molecule has 1 atom stereocenters. The van der Waals surface area contributed by atoms with Gasteiger partial charge in [0.25, 0.3) is 0 Å². The van der Waals surface area contributed by atoms with Crippen LogP contribution in [0.2, 0.25) is 0 Å². The van der Waals surface area contributed by atoms with Crippen molar-refractivity contribution in [2.45, 2.75) is 25.6 Å². The third kappa shape index (κ3) is 4.42. The van der Waals surface area contributed by atoms with Gasteiger partial charge in [-0.3, -0.25) is 0 Å². The van der Waals surface area contributed by atoms with E-state index in [-0.39, 0.29) is 0 Å². The Bertz CT molecular complexity index is 379. The highest BCUT2D eigenvalue weighted by Gasteiger charge is 2.30. The van der Waals surface area contributed by atoms with E-state index in [4.69, 9.17) is 10.5 Å². The highest BCUT2D eigenvalue weighted by atomic mass is 19.4. The van der Waals surface area contributed by atoms with Crippen LogP contribution < -0.4 is 15.8 Å². The van der Waals surface area contributed by atoms with Crippen LogP contribution in [0.25, 0.3) is 0 Å². The van der Waals surface area contributed by atoms with Crippen LogP contribution in [0, 0.1) is 0 Å². The molecule has 0 aromatic heterocycles. The Hall–Kier alpha value is -1.59. The number of methoxy groups -OCH3 is 1. The molecule has 1 rings (SSSR count). The van der Waals surface area contributed by atoms with Gasteiger partial charge < -0.3 is 15.8 Å². The lowest BCUT2D eigenvalue weighted by atomic mass is 10.2. The molecule has 0 heterocycles. The zero-order valence-electron chi connectivity index (χ0n) is 9.64. The Morgan fingerprint density at radius 3 is 2.59 bits per heavy atom. The maximum absolute atomic E-state index is 12.2. The van der Waals surface area contributed by atoms with Crippen LogP contribution in [-0.4, -0.2) is 19.3 Å². The van der Waals surface area contributed by atoms with Gasteiger partial charge in [0.15, 0.2) is 0 Å². The van der Waals surface area contributed by atoms with Gasteiger partial charge >= 0.3 is 6.18 Å². The van der Waals surface area contributed by atoms with E-state index >= 15 is 0 Å². The summed E-state index contributed by atoms with van der Waals surface area (Å²) in [6.45, 7) is 1.45. The number of rotatable bonds is 4. The third-order valence-electron chi connectivity index (χ3n) is 2.20. The fraction of sp³-hybridized carbons (Fsp3) is 0.455. The highest BCUT2D eigenvalue weighted by Crippen LogP contribution is 2.28. The van der Waals surface area contributed by atoms with Crippen LogP contribution in [0.4, 0.5) is 24.5 Å². The number of benzene rings is 1. The van der Waals surface area contributed by atoms with E-state index in [0.717, 1.165) is 0 Å². The van der Waals surface area contributed by atoms with Gasteiger partial charge in [-0.15, -0.1) is 0 Å². The number of ether oxygens (including phenoxy) is 1. The van der Waals surface area contributed by atoms with Gasteiger partial charge in [0.2, 0.25) is 0 Å². The Morgan fingerprint density at radius 1 is 1.41 bits per heavy atom. The van der Waals surface area contributed by atoms with Gasteiger partial charge in [0.05, 0.1) is 24.9 Å². The quantitative estimate of drug-likeness (QED) is 0.805. The molecule has 3 N–H and O–H groups in total. The number of alkyl halides is 3.